The van der Waals surface area contributed by atoms with Gasteiger partial charge in [-0.05, 0) is 18.8 Å². The molecule has 0 aliphatic heterocycles. The van der Waals surface area contributed by atoms with E-state index in [1.165, 1.54) is 0 Å². The predicted molar refractivity (Wildman–Crippen MR) is 49.2 cm³/mol. The van der Waals surface area contributed by atoms with Gasteiger partial charge in [-0.25, -0.2) is 8.78 Å². The molecule has 2 aliphatic carbocycles. The molecular weight excluding hydrogens is 186 g/mol. The summed E-state index contributed by atoms with van der Waals surface area (Å²) >= 11 is 0. The molecule has 1 atom stereocenters. The average Bonchev–Trinajstić information content (AvgIpc) is 2.54. The van der Waals surface area contributed by atoms with E-state index < -0.39 is 17.3 Å². The highest BCUT2D eigenvalue weighted by Gasteiger charge is 2.80. The molecule has 0 heterocycles. The van der Waals surface area contributed by atoms with E-state index in [0.29, 0.717) is 25.7 Å². The van der Waals surface area contributed by atoms with Crippen molar-refractivity contribution in [1.29, 1.82) is 0 Å². The van der Waals surface area contributed by atoms with Gasteiger partial charge in [-0.3, -0.25) is 4.79 Å². The van der Waals surface area contributed by atoms with E-state index in [9.17, 15) is 13.6 Å². The Morgan fingerprint density at radius 3 is 2.14 bits per heavy atom. The second kappa shape index (κ2) is 2.77. The molecule has 2 fully saturated rings. The van der Waals surface area contributed by atoms with Crippen molar-refractivity contribution in [2.75, 3.05) is 0 Å². The zero-order valence-corrected chi connectivity index (χ0v) is 8.65. The third-order valence-electron chi connectivity index (χ3n) is 3.93. The van der Waals surface area contributed by atoms with Crippen molar-refractivity contribution in [2.45, 2.75) is 45.5 Å². The summed E-state index contributed by atoms with van der Waals surface area (Å²) in [5, 5.41) is 0. The lowest BCUT2D eigenvalue weighted by atomic mass is 9.81. The van der Waals surface area contributed by atoms with Crippen LogP contribution in [0.2, 0.25) is 0 Å². The summed E-state index contributed by atoms with van der Waals surface area (Å²) in [5.41, 5.74) is -0.810. The normalized spacial score (nSPS) is 33.8. The van der Waals surface area contributed by atoms with Gasteiger partial charge in [0.2, 0.25) is 0 Å². The second-order valence-corrected chi connectivity index (χ2v) is 5.04. The van der Waals surface area contributed by atoms with E-state index in [4.69, 9.17) is 0 Å². The quantitative estimate of drug-likeness (QED) is 0.638. The Kier molecular flexibility index (Phi) is 1.99. The van der Waals surface area contributed by atoms with Crippen LogP contribution in [0.5, 0.6) is 0 Å². The Bertz CT molecular complexity index is 260. The Morgan fingerprint density at radius 2 is 1.79 bits per heavy atom. The van der Waals surface area contributed by atoms with Crippen LogP contribution in [0.3, 0.4) is 0 Å². The molecule has 2 rings (SSSR count). The lowest BCUT2D eigenvalue weighted by Crippen LogP contribution is -2.20. The lowest BCUT2D eigenvalue weighted by Gasteiger charge is -2.21. The molecule has 0 saturated heterocycles. The highest BCUT2D eigenvalue weighted by molar-refractivity contribution is 5.79. The zero-order chi connectivity index (χ0) is 10.6. The summed E-state index contributed by atoms with van der Waals surface area (Å²) in [7, 11) is 0. The third kappa shape index (κ3) is 1.07. The molecule has 2 saturated carbocycles. The molecule has 1 unspecified atom stereocenters. The van der Waals surface area contributed by atoms with Crippen molar-refractivity contribution in [3.8, 4) is 0 Å². The van der Waals surface area contributed by atoms with E-state index in [2.05, 4.69) is 0 Å². The first-order valence-electron chi connectivity index (χ1n) is 5.31. The summed E-state index contributed by atoms with van der Waals surface area (Å²) in [6.45, 7) is 3.70. The number of rotatable bonds is 1. The average molecular weight is 202 g/mol. The molecule has 0 radical (unpaired) electrons. The Balaban J connectivity index is 2.15. The molecule has 80 valence electrons. The highest BCUT2D eigenvalue weighted by atomic mass is 19.3. The largest absolute Gasteiger partial charge is 0.300 e. The van der Waals surface area contributed by atoms with Crippen LogP contribution >= 0.6 is 0 Å². The summed E-state index contributed by atoms with van der Waals surface area (Å²) in [6.07, 6.45) is 1.53. The van der Waals surface area contributed by atoms with Gasteiger partial charge in [0, 0.05) is 24.2 Å². The smallest absolute Gasteiger partial charge is 0.257 e. The number of halogens is 2. The maximum Gasteiger partial charge on any atom is 0.257 e. The van der Waals surface area contributed by atoms with Crippen molar-refractivity contribution >= 4 is 5.78 Å². The molecule has 0 N–H and O–H groups in total. The van der Waals surface area contributed by atoms with Crippen molar-refractivity contribution < 1.29 is 13.6 Å². The van der Waals surface area contributed by atoms with Gasteiger partial charge < -0.3 is 0 Å². The molecule has 3 heteroatoms. The Labute approximate surface area is 82.9 Å². The SMILES string of the molecule is CC(C)C1C(F)(F)C12CCC(=O)CC2. The fraction of sp³-hybridized carbons (Fsp3) is 0.909. The minimum Gasteiger partial charge on any atom is -0.300 e. The zero-order valence-electron chi connectivity index (χ0n) is 8.65. The molecule has 1 spiro atoms. The second-order valence-electron chi connectivity index (χ2n) is 5.04. The summed E-state index contributed by atoms with van der Waals surface area (Å²) < 4.78 is 27.2. The monoisotopic (exact) mass is 202 g/mol. The first-order valence-corrected chi connectivity index (χ1v) is 5.31. The molecule has 0 aromatic carbocycles. The molecule has 1 nitrogen and oxygen atoms in total. The van der Waals surface area contributed by atoms with Crippen LogP contribution in [-0.4, -0.2) is 11.7 Å². The van der Waals surface area contributed by atoms with Crippen LogP contribution in [-0.2, 0) is 4.79 Å². The maximum atomic E-state index is 13.6. The van der Waals surface area contributed by atoms with Gasteiger partial charge in [0.25, 0.3) is 5.92 Å². The van der Waals surface area contributed by atoms with Crippen molar-refractivity contribution in [2.24, 2.45) is 17.3 Å². The van der Waals surface area contributed by atoms with Crippen LogP contribution in [0.15, 0.2) is 0 Å². The standard InChI is InChI=1S/C11H16F2O/c1-7(2)9-10(11(9,12)13)5-3-8(14)4-6-10/h7,9H,3-6H2,1-2H3. The molecule has 14 heavy (non-hydrogen) atoms. The number of Topliss-reactive ketones (excluding diaryl/α,β-unsaturated/α-hetero) is 1. The van der Waals surface area contributed by atoms with Gasteiger partial charge in [0.05, 0.1) is 0 Å². The number of carbonyl (C=O) groups is 1. The molecule has 0 aromatic rings. The first-order chi connectivity index (χ1) is 6.42. The lowest BCUT2D eigenvalue weighted by molar-refractivity contribution is -0.122. The van der Waals surface area contributed by atoms with E-state index in [1.54, 1.807) is 0 Å². The maximum absolute atomic E-state index is 13.6. The van der Waals surface area contributed by atoms with Gasteiger partial charge in [0.15, 0.2) is 0 Å². The Hall–Kier alpha value is -0.470. The van der Waals surface area contributed by atoms with E-state index in [1.807, 2.05) is 13.8 Å². The first kappa shape index (κ1) is 10.1. The number of carbonyl (C=O) groups excluding carboxylic acids is 1. The fourth-order valence-corrected chi connectivity index (χ4v) is 3.22. The van der Waals surface area contributed by atoms with E-state index in [0.717, 1.165) is 0 Å². The molecule has 0 bridgehead atoms. The van der Waals surface area contributed by atoms with Crippen molar-refractivity contribution in [1.82, 2.24) is 0 Å². The molecule has 0 amide bonds. The van der Waals surface area contributed by atoms with Crippen molar-refractivity contribution in [3.63, 3.8) is 0 Å². The summed E-state index contributed by atoms with van der Waals surface area (Å²) in [5.74, 6) is -2.82. The highest BCUT2D eigenvalue weighted by Crippen LogP contribution is 2.73. The third-order valence-corrected chi connectivity index (χ3v) is 3.93. The van der Waals surface area contributed by atoms with Crippen LogP contribution in [0.25, 0.3) is 0 Å². The van der Waals surface area contributed by atoms with E-state index in [-0.39, 0.29) is 11.7 Å². The molecule has 0 aromatic heterocycles. The number of hydrogen-bond acceptors (Lipinski definition) is 1. The van der Waals surface area contributed by atoms with Gasteiger partial charge in [-0.1, -0.05) is 13.8 Å². The van der Waals surface area contributed by atoms with Crippen LogP contribution < -0.4 is 0 Å². The minimum atomic E-state index is -2.51. The van der Waals surface area contributed by atoms with Crippen LogP contribution in [0.1, 0.15) is 39.5 Å². The molecule has 2 aliphatic rings. The summed E-state index contributed by atoms with van der Waals surface area (Å²) in [6, 6.07) is 0. The van der Waals surface area contributed by atoms with Crippen LogP contribution in [0, 0.1) is 17.3 Å². The van der Waals surface area contributed by atoms with Crippen molar-refractivity contribution in [3.05, 3.63) is 0 Å². The number of ketones is 1. The topological polar surface area (TPSA) is 17.1 Å². The predicted octanol–water partition coefficient (Wildman–Crippen LogP) is 3.04. The molecular formula is C11H16F2O. The number of hydrogen-bond donors (Lipinski definition) is 0. The van der Waals surface area contributed by atoms with E-state index >= 15 is 0 Å². The minimum absolute atomic E-state index is 0.0261. The van der Waals surface area contributed by atoms with Gasteiger partial charge in [-0.15, -0.1) is 0 Å². The van der Waals surface area contributed by atoms with Crippen LogP contribution in [0.4, 0.5) is 8.78 Å². The van der Waals surface area contributed by atoms with Gasteiger partial charge in [-0.2, -0.15) is 0 Å². The number of alkyl halides is 2. The van der Waals surface area contributed by atoms with Gasteiger partial charge >= 0.3 is 0 Å². The Morgan fingerprint density at radius 1 is 1.29 bits per heavy atom. The van der Waals surface area contributed by atoms with Gasteiger partial charge in [0.1, 0.15) is 5.78 Å². The summed E-state index contributed by atoms with van der Waals surface area (Å²) in [4.78, 5) is 11.0. The fourth-order valence-electron chi connectivity index (χ4n) is 3.22.